The van der Waals surface area contributed by atoms with E-state index < -0.39 is 35.5 Å². The Hall–Kier alpha value is -2.66. The van der Waals surface area contributed by atoms with E-state index in [0.29, 0.717) is 13.1 Å². The first kappa shape index (κ1) is 24.6. The van der Waals surface area contributed by atoms with E-state index in [1.165, 1.54) is 6.07 Å². The summed E-state index contributed by atoms with van der Waals surface area (Å²) in [7, 11) is 0. The second kappa shape index (κ2) is 10.1. The third kappa shape index (κ3) is 6.17. The van der Waals surface area contributed by atoms with Crippen LogP contribution >= 0.6 is 0 Å². The number of likely N-dealkylation sites (N-methyl/N-ethyl adjacent to an activating group) is 1. The number of carbonyl (C=O) groups excluding carboxylic acids is 3. The third-order valence-electron chi connectivity index (χ3n) is 4.73. The van der Waals surface area contributed by atoms with Gasteiger partial charge in [0.05, 0.1) is 17.9 Å². The first-order chi connectivity index (χ1) is 14.5. The summed E-state index contributed by atoms with van der Waals surface area (Å²) in [6.07, 6.45) is -4.77. The van der Waals surface area contributed by atoms with E-state index in [1.54, 1.807) is 11.8 Å². The molecule has 2 rings (SSSR count). The third-order valence-corrected chi connectivity index (χ3v) is 4.73. The Labute approximate surface area is 178 Å². The lowest BCUT2D eigenvalue weighted by Gasteiger charge is -2.30. The molecule has 3 amide bonds. The van der Waals surface area contributed by atoms with Crippen molar-refractivity contribution in [2.75, 3.05) is 43.1 Å². The number of morpholine rings is 1. The van der Waals surface area contributed by atoms with E-state index in [1.807, 2.05) is 13.8 Å². The van der Waals surface area contributed by atoms with Gasteiger partial charge in [-0.25, -0.2) is 0 Å². The van der Waals surface area contributed by atoms with Crippen LogP contribution < -0.4 is 16.0 Å². The van der Waals surface area contributed by atoms with Gasteiger partial charge in [-0.1, -0.05) is 20.8 Å². The molecule has 1 atom stereocenters. The highest BCUT2D eigenvalue weighted by molar-refractivity contribution is 6.09. The molecular formula is C20H27F3N4O4. The van der Waals surface area contributed by atoms with Crippen LogP contribution in [0, 0.1) is 5.92 Å². The molecule has 172 valence electrons. The molecular weight excluding hydrogens is 417 g/mol. The lowest BCUT2D eigenvalue weighted by Crippen LogP contribution is -2.53. The van der Waals surface area contributed by atoms with Gasteiger partial charge in [0.1, 0.15) is 6.61 Å². The summed E-state index contributed by atoms with van der Waals surface area (Å²) < 4.78 is 46.1. The number of amides is 3. The van der Waals surface area contributed by atoms with Crippen molar-refractivity contribution in [2.45, 2.75) is 33.0 Å². The van der Waals surface area contributed by atoms with Gasteiger partial charge in [-0.05, 0) is 30.7 Å². The van der Waals surface area contributed by atoms with Gasteiger partial charge >= 0.3 is 6.18 Å². The Balaban J connectivity index is 2.34. The van der Waals surface area contributed by atoms with Crippen LogP contribution in [-0.2, 0) is 25.3 Å². The molecule has 1 aliphatic heterocycles. The van der Waals surface area contributed by atoms with Crippen molar-refractivity contribution in [2.24, 2.45) is 11.7 Å². The van der Waals surface area contributed by atoms with Crippen molar-refractivity contribution >= 4 is 29.1 Å². The minimum Gasteiger partial charge on any atom is -0.370 e. The number of rotatable bonds is 8. The first-order valence-electron chi connectivity index (χ1n) is 9.89. The van der Waals surface area contributed by atoms with Gasteiger partial charge in [-0.2, -0.15) is 13.2 Å². The summed E-state index contributed by atoms with van der Waals surface area (Å²) in [5.41, 5.74) is 3.85. The van der Waals surface area contributed by atoms with E-state index in [4.69, 9.17) is 10.5 Å². The first-order valence-corrected chi connectivity index (χ1v) is 9.89. The number of nitrogens with one attached hydrogen (secondary N) is 1. The zero-order valence-corrected chi connectivity index (χ0v) is 17.7. The lowest BCUT2D eigenvalue weighted by atomic mass is 10.1. The zero-order valence-electron chi connectivity index (χ0n) is 17.7. The number of alkyl halides is 3. The van der Waals surface area contributed by atoms with Crippen LogP contribution in [0.25, 0.3) is 0 Å². The highest BCUT2D eigenvalue weighted by Crippen LogP contribution is 2.38. The maximum Gasteiger partial charge on any atom is 0.418 e. The van der Waals surface area contributed by atoms with Crippen LogP contribution in [0.5, 0.6) is 0 Å². The molecule has 1 fully saturated rings. The van der Waals surface area contributed by atoms with Gasteiger partial charge < -0.3 is 20.7 Å². The fourth-order valence-electron chi connectivity index (χ4n) is 3.42. The van der Waals surface area contributed by atoms with E-state index >= 15 is 0 Å². The average molecular weight is 444 g/mol. The molecule has 0 unspecified atom stereocenters. The summed E-state index contributed by atoms with van der Waals surface area (Å²) >= 11 is 0. The Morgan fingerprint density at radius 3 is 2.52 bits per heavy atom. The molecule has 0 aliphatic carbocycles. The minimum atomic E-state index is -4.77. The molecule has 0 aromatic heterocycles. The van der Waals surface area contributed by atoms with Crippen LogP contribution in [0.2, 0.25) is 0 Å². The molecule has 1 aromatic carbocycles. The molecule has 31 heavy (non-hydrogen) atoms. The number of halogens is 3. The second-order valence-corrected chi connectivity index (χ2v) is 7.60. The molecule has 0 radical (unpaired) electrons. The monoisotopic (exact) mass is 444 g/mol. The molecule has 1 aromatic rings. The number of benzene rings is 1. The van der Waals surface area contributed by atoms with E-state index in [2.05, 4.69) is 5.32 Å². The van der Waals surface area contributed by atoms with Crippen molar-refractivity contribution in [3.05, 3.63) is 23.8 Å². The standard InChI is InChI=1S/C20H27F3N4O4/c1-4-26(10-12(2)3)17(18(24)29)19(30)25-13-5-6-15(14(9-13)20(21,22)23)27-7-8-31-11-16(27)28/h5-6,9,12,17H,4,7-8,10-11H2,1-3H3,(H2,24,29)(H,25,30)/t17-/m0/s1. The van der Waals surface area contributed by atoms with Crippen LogP contribution in [0.4, 0.5) is 24.5 Å². The van der Waals surface area contributed by atoms with Gasteiger partial charge in [-0.3, -0.25) is 19.3 Å². The Morgan fingerprint density at radius 2 is 2.00 bits per heavy atom. The van der Waals surface area contributed by atoms with Gasteiger partial charge in [0.15, 0.2) is 6.04 Å². The summed E-state index contributed by atoms with van der Waals surface area (Å²) in [6.45, 7) is 6.11. The minimum absolute atomic E-state index is 0.0158. The number of primary amides is 1. The lowest BCUT2D eigenvalue weighted by molar-refractivity contribution is -0.138. The molecule has 0 spiro atoms. The van der Waals surface area contributed by atoms with Crippen LogP contribution in [0.15, 0.2) is 18.2 Å². The molecule has 1 heterocycles. The van der Waals surface area contributed by atoms with Crippen LogP contribution in [0.3, 0.4) is 0 Å². The smallest absolute Gasteiger partial charge is 0.370 e. The second-order valence-electron chi connectivity index (χ2n) is 7.60. The highest BCUT2D eigenvalue weighted by Gasteiger charge is 2.38. The van der Waals surface area contributed by atoms with Crippen molar-refractivity contribution in [3.63, 3.8) is 0 Å². The van der Waals surface area contributed by atoms with E-state index in [-0.39, 0.29) is 37.1 Å². The van der Waals surface area contributed by atoms with E-state index in [0.717, 1.165) is 17.0 Å². The molecule has 3 N–H and O–H groups in total. The predicted octanol–water partition coefficient (Wildman–Crippen LogP) is 1.84. The fraction of sp³-hybridized carbons (Fsp3) is 0.550. The number of hydrogen-bond donors (Lipinski definition) is 2. The Kier molecular flexibility index (Phi) is 8.02. The number of nitrogens with zero attached hydrogens (tertiary/aromatic N) is 2. The average Bonchev–Trinajstić information content (AvgIpc) is 2.66. The maximum atomic E-state index is 13.7. The van der Waals surface area contributed by atoms with Gasteiger partial charge in [0.2, 0.25) is 5.91 Å². The largest absolute Gasteiger partial charge is 0.418 e. The summed E-state index contributed by atoms with van der Waals surface area (Å²) in [5.74, 6) is -2.17. The molecule has 11 heteroatoms. The summed E-state index contributed by atoms with van der Waals surface area (Å²) in [5, 5.41) is 2.36. The predicted molar refractivity (Wildman–Crippen MR) is 108 cm³/mol. The maximum absolute atomic E-state index is 13.7. The van der Waals surface area contributed by atoms with Crippen molar-refractivity contribution in [3.8, 4) is 0 Å². The number of nitrogens with two attached hydrogens (primary N) is 1. The van der Waals surface area contributed by atoms with Crippen molar-refractivity contribution < 1.29 is 32.3 Å². The van der Waals surface area contributed by atoms with Crippen LogP contribution in [-0.4, -0.2) is 61.5 Å². The number of carbonyl (C=O) groups is 3. The molecule has 8 nitrogen and oxygen atoms in total. The number of hydrogen-bond acceptors (Lipinski definition) is 5. The molecule has 0 saturated carbocycles. The SMILES string of the molecule is CCN(CC(C)C)[C@@H](C(N)=O)C(=O)Nc1ccc(N2CCOCC2=O)c(C(F)(F)F)c1. The van der Waals surface area contributed by atoms with Gasteiger partial charge in [-0.15, -0.1) is 0 Å². The number of anilines is 2. The fourth-order valence-corrected chi connectivity index (χ4v) is 3.42. The molecule has 1 saturated heterocycles. The van der Waals surface area contributed by atoms with Crippen molar-refractivity contribution in [1.29, 1.82) is 0 Å². The normalized spacial score (nSPS) is 16.0. The topological polar surface area (TPSA) is 105 Å². The van der Waals surface area contributed by atoms with E-state index in [9.17, 15) is 27.6 Å². The Bertz CT molecular complexity index is 829. The number of ether oxygens (including phenoxy) is 1. The molecule has 1 aliphatic rings. The van der Waals surface area contributed by atoms with Crippen molar-refractivity contribution in [1.82, 2.24) is 4.90 Å². The zero-order chi connectivity index (χ0) is 23.3. The quantitative estimate of drug-likeness (QED) is 0.596. The summed E-state index contributed by atoms with van der Waals surface area (Å²) in [4.78, 5) is 39.2. The van der Waals surface area contributed by atoms with Gasteiger partial charge in [0.25, 0.3) is 11.8 Å². The molecule has 0 bridgehead atoms. The Morgan fingerprint density at radius 1 is 1.32 bits per heavy atom. The highest BCUT2D eigenvalue weighted by atomic mass is 19.4. The summed E-state index contributed by atoms with van der Waals surface area (Å²) in [6, 6.07) is 1.78. The van der Waals surface area contributed by atoms with Crippen LogP contribution in [0.1, 0.15) is 26.3 Å². The van der Waals surface area contributed by atoms with Gasteiger partial charge in [0, 0.05) is 18.8 Å².